The van der Waals surface area contributed by atoms with E-state index in [0.717, 1.165) is 36.8 Å². The number of phenolic OH excluding ortho intramolecular Hbond substituents is 2. The molecule has 0 saturated heterocycles. The number of fused-ring (bicyclic) bond motifs is 4. The van der Waals surface area contributed by atoms with Crippen molar-refractivity contribution in [1.29, 1.82) is 0 Å². The van der Waals surface area contributed by atoms with Crippen molar-refractivity contribution < 1.29 is 10.2 Å². The molecule has 0 bridgehead atoms. The fourth-order valence-corrected chi connectivity index (χ4v) is 4.14. The van der Waals surface area contributed by atoms with Crippen molar-refractivity contribution in [2.45, 2.75) is 31.1 Å². The lowest BCUT2D eigenvalue weighted by Gasteiger charge is -2.27. The van der Waals surface area contributed by atoms with E-state index < -0.39 is 0 Å². The van der Waals surface area contributed by atoms with E-state index in [1.165, 1.54) is 11.1 Å². The molecule has 2 aromatic carbocycles. The second kappa shape index (κ2) is 4.45. The zero-order chi connectivity index (χ0) is 13.0. The Morgan fingerprint density at radius 2 is 1.20 bits per heavy atom. The highest BCUT2D eigenvalue weighted by molar-refractivity contribution is 7.59. The Labute approximate surface area is 125 Å². The molecule has 0 atom stereocenters. The third kappa shape index (κ3) is 1.53. The smallest absolute Gasteiger partial charge is 0.119 e. The highest BCUT2D eigenvalue weighted by atomic mass is 32.1. The summed E-state index contributed by atoms with van der Waals surface area (Å²) in [6, 6.07) is 11.6. The summed E-state index contributed by atoms with van der Waals surface area (Å²) in [5.41, 5.74) is 4.40. The lowest BCUT2D eigenvalue weighted by Crippen LogP contribution is -2.21. The number of benzene rings is 2. The van der Waals surface area contributed by atoms with Crippen molar-refractivity contribution in [3.05, 3.63) is 58.7 Å². The molecule has 0 radical (unpaired) electrons. The summed E-state index contributed by atoms with van der Waals surface area (Å²) in [5.74, 6) is 0.761. The summed E-state index contributed by atoms with van der Waals surface area (Å²) in [5, 5.41) is 20.6. The molecule has 0 unspecified atom stereocenters. The van der Waals surface area contributed by atoms with Crippen LogP contribution in [0.25, 0.3) is 0 Å². The lowest BCUT2D eigenvalue weighted by atomic mass is 9.76. The summed E-state index contributed by atoms with van der Waals surface area (Å²) >= 11 is 0. The molecule has 0 aliphatic heterocycles. The van der Waals surface area contributed by atoms with Gasteiger partial charge in [-0.05, 0) is 48.9 Å². The number of phenols is 2. The van der Waals surface area contributed by atoms with E-state index in [9.17, 15) is 10.2 Å². The van der Waals surface area contributed by atoms with Gasteiger partial charge in [-0.1, -0.05) is 24.3 Å². The van der Waals surface area contributed by atoms with E-state index in [0.29, 0.717) is 11.5 Å². The van der Waals surface area contributed by atoms with Gasteiger partial charge in [0.25, 0.3) is 0 Å². The Bertz CT molecular complexity index is 619. The SMILES string of the molecule is Oc1cccc2c1C1(CC2)CCc2cccc(O)c21.S. The third-order valence-corrected chi connectivity index (χ3v) is 4.86. The summed E-state index contributed by atoms with van der Waals surface area (Å²) in [6.45, 7) is 0. The highest BCUT2D eigenvalue weighted by Gasteiger charge is 2.47. The van der Waals surface area contributed by atoms with Gasteiger partial charge in [-0.15, -0.1) is 0 Å². The zero-order valence-electron chi connectivity index (χ0n) is 11.2. The van der Waals surface area contributed by atoms with Crippen LogP contribution in [0, 0.1) is 0 Å². The van der Waals surface area contributed by atoms with Crippen LogP contribution in [-0.4, -0.2) is 10.2 Å². The molecule has 2 aromatic rings. The molecule has 0 amide bonds. The molecule has 2 aliphatic rings. The predicted octanol–water partition coefficient (Wildman–Crippen LogP) is 3.39. The predicted molar refractivity (Wildman–Crippen MR) is 84.0 cm³/mol. The summed E-state index contributed by atoms with van der Waals surface area (Å²) in [6.07, 6.45) is 3.95. The average molecular weight is 286 g/mol. The molecule has 0 heterocycles. The Hall–Kier alpha value is -1.61. The highest BCUT2D eigenvalue weighted by Crippen LogP contribution is 2.56. The first-order valence-corrected chi connectivity index (χ1v) is 6.85. The molecular formula is C17H18O2S. The normalized spacial score (nSPS) is 17.6. The van der Waals surface area contributed by atoms with E-state index in [2.05, 4.69) is 12.1 Å². The van der Waals surface area contributed by atoms with Crippen LogP contribution >= 0.6 is 13.5 Å². The van der Waals surface area contributed by atoms with Gasteiger partial charge in [-0.25, -0.2) is 0 Å². The first-order chi connectivity index (χ1) is 9.22. The van der Waals surface area contributed by atoms with Crippen molar-refractivity contribution in [1.82, 2.24) is 0 Å². The number of hydrogen-bond donors (Lipinski definition) is 2. The zero-order valence-corrected chi connectivity index (χ0v) is 12.2. The van der Waals surface area contributed by atoms with E-state index >= 15 is 0 Å². The van der Waals surface area contributed by atoms with Crippen molar-refractivity contribution >= 4 is 13.5 Å². The van der Waals surface area contributed by atoms with Crippen molar-refractivity contribution in [2.24, 2.45) is 0 Å². The van der Waals surface area contributed by atoms with E-state index in [4.69, 9.17) is 0 Å². The maximum absolute atomic E-state index is 10.3. The second-order valence-corrected chi connectivity index (χ2v) is 5.70. The first-order valence-electron chi connectivity index (χ1n) is 6.85. The molecule has 0 fully saturated rings. The molecule has 104 valence electrons. The Morgan fingerprint density at radius 3 is 1.65 bits per heavy atom. The molecule has 4 rings (SSSR count). The molecule has 20 heavy (non-hydrogen) atoms. The van der Waals surface area contributed by atoms with Crippen LogP contribution in [-0.2, 0) is 18.3 Å². The van der Waals surface area contributed by atoms with Crippen LogP contribution in [0.1, 0.15) is 35.1 Å². The van der Waals surface area contributed by atoms with Crippen LogP contribution in [0.2, 0.25) is 0 Å². The monoisotopic (exact) mass is 286 g/mol. The summed E-state index contributed by atoms with van der Waals surface area (Å²) in [7, 11) is 0. The van der Waals surface area contributed by atoms with Gasteiger partial charge >= 0.3 is 0 Å². The molecular weight excluding hydrogens is 268 g/mol. The molecule has 1 spiro atoms. The fraction of sp³-hybridized carbons (Fsp3) is 0.294. The Balaban J connectivity index is 0.00000121. The molecule has 0 saturated carbocycles. The van der Waals surface area contributed by atoms with Crippen LogP contribution in [0.3, 0.4) is 0 Å². The minimum absolute atomic E-state index is 0. The maximum Gasteiger partial charge on any atom is 0.119 e. The lowest BCUT2D eigenvalue weighted by molar-refractivity contribution is 0.416. The average Bonchev–Trinajstić information content (AvgIpc) is 2.96. The van der Waals surface area contributed by atoms with E-state index in [-0.39, 0.29) is 18.9 Å². The van der Waals surface area contributed by atoms with Gasteiger partial charge in [0.05, 0.1) is 0 Å². The number of aromatic hydroxyl groups is 2. The minimum Gasteiger partial charge on any atom is -0.508 e. The minimum atomic E-state index is -0.165. The van der Waals surface area contributed by atoms with Gasteiger partial charge < -0.3 is 10.2 Å². The third-order valence-electron chi connectivity index (χ3n) is 4.86. The van der Waals surface area contributed by atoms with E-state index in [1.54, 1.807) is 12.1 Å². The number of aryl methyl sites for hydroxylation is 2. The summed E-state index contributed by atoms with van der Waals surface area (Å²) in [4.78, 5) is 0. The van der Waals surface area contributed by atoms with E-state index in [1.807, 2.05) is 12.1 Å². The van der Waals surface area contributed by atoms with Gasteiger partial charge in [0.1, 0.15) is 11.5 Å². The van der Waals surface area contributed by atoms with Gasteiger partial charge in [0.15, 0.2) is 0 Å². The van der Waals surface area contributed by atoms with Crippen LogP contribution in [0.5, 0.6) is 11.5 Å². The first kappa shape index (κ1) is 13.4. The molecule has 3 heteroatoms. The Morgan fingerprint density at radius 1 is 0.750 bits per heavy atom. The maximum atomic E-state index is 10.3. The van der Waals surface area contributed by atoms with Crippen molar-refractivity contribution in [3.63, 3.8) is 0 Å². The van der Waals surface area contributed by atoms with Crippen LogP contribution < -0.4 is 0 Å². The largest absolute Gasteiger partial charge is 0.508 e. The number of rotatable bonds is 0. The van der Waals surface area contributed by atoms with Crippen LogP contribution in [0.15, 0.2) is 36.4 Å². The molecule has 0 aromatic heterocycles. The molecule has 2 nitrogen and oxygen atoms in total. The summed E-state index contributed by atoms with van der Waals surface area (Å²) < 4.78 is 0. The van der Waals surface area contributed by atoms with Gasteiger partial charge in [0, 0.05) is 16.5 Å². The topological polar surface area (TPSA) is 40.5 Å². The van der Waals surface area contributed by atoms with Crippen molar-refractivity contribution in [2.75, 3.05) is 0 Å². The standard InChI is InChI=1S/C17H16O2.H2S/c18-13-5-1-3-11-7-9-17(15(11)13)10-8-12-4-2-6-14(19)16(12)17;/h1-6,18-19H,7-10H2;1H2. The van der Waals surface area contributed by atoms with Crippen LogP contribution in [0.4, 0.5) is 0 Å². The second-order valence-electron chi connectivity index (χ2n) is 5.70. The molecule has 2 N–H and O–H groups in total. The number of hydrogen-bond acceptors (Lipinski definition) is 2. The van der Waals surface area contributed by atoms with Crippen molar-refractivity contribution in [3.8, 4) is 11.5 Å². The van der Waals surface area contributed by atoms with Gasteiger partial charge in [-0.2, -0.15) is 13.5 Å². The Kier molecular flexibility index (Phi) is 2.98. The molecule has 2 aliphatic carbocycles. The van der Waals surface area contributed by atoms with Gasteiger partial charge in [0.2, 0.25) is 0 Å². The quantitative estimate of drug-likeness (QED) is 0.779. The van der Waals surface area contributed by atoms with Gasteiger partial charge in [-0.3, -0.25) is 0 Å². The fourth-order valence-electron chi connectivity index (χ4n) is 4.14.